The summed E-state index contributed by atoms with van der Waals surface area (Å²) in [6.07, 6.45) is 1.59. The Bertz CT molecular complexity index is 399. The van der Waals surface area contributed by atoms with E-state index in [-0.39, 0.29) is 5.91 Å². The maximum absolute atomic E-state index is 11.9. The smallest absolute Gasteiger partial charge is 0.240 e. The van der Waals surface area contributed by atoms with E-state index in [0.717, 1.165) is 17.1 Å². The van der Waals surface area contributed by atoms with E-state index in [1.807, 2.05) is 12.3 Å². The van der Waals surface area contributed by atoms with Gasteiger partial charge in [0.25, 0.3) is 0 Å². The quantitative estimate of drug-likeness (QED) is 0.833. The molecule has 0 aliphatic rings. The molecule has 1 atom stereocenters. The lowest BCUT2D eigenvalue weighted by Crippen LogP contribution is -2.51. The number of carbonyl (C=O) groups is 1. The number of hydrogen-bond acceptors (Lipinski definition) is 4. The van der Waals surface area contributed by atoms with Crippen LogP contribution >= 0.6 is 11.3 Å². The van der Waals surface area contributed by atoms with Crippen molar-refractivity contribution < 1.29 is 4.79 Å². The Hall–Kier alpha value is -0.940. The predicted octanol–water partition coefficient (Wildman–Crippen LogP) is 2.40. The molecule has 1 aromatic rings. The van der Waals surface area contributed by atoms with E-state index in [1.165, 1.54) is 0 Å². The van der Waals surface area contributed by atoms with Crippen LogP contribution in [0.4, 0.5) is 0 Å². The summed E-state index contributed by atoms with van der Waals surface area (Å²) >= 11 is 1.58. The molecule has 102 valence electrons. The average Bonchev–Trinajstić information content (AvgIpc) is 2.74. The van der Waals surface area contributed by atoms with Crippen molar-refractivity contribution in [1.82, 2.24) is 10.3 Å². The van der Waals surface area contributed by atoms with Crippen LogP contribution in [0.5, 0.6) is 0 Å². The fourth-order valence-corrected chi connectivity index (χ4v) is 2.56. The molecule has 0 bridgehead atoms. The lowest BCUT2D eigenvalue weighted by Gasteiger charge is -2.22. The SMILES string of the molecule is CCCC(C)(N)C(=O)NCc1nc(C(C)C)cs1. The van der Waals surface area contributed by atoms with Gasteiger partial charge in [-0.15, -0.1) is 11.3 Å². The Morgan fingerprint density at radius 1 is 1.61 bits per heavy atom. The highest BCUT2D eigenvalue weighted by atomic mass is 32.1. The van der Waals surface area contributed by atoms with Gasteiger partial charge in [-0.25, -0.2) is 4.98 Å². The third kappa shape index (κ3) is 4.07. The van der Waals surface area contributed by atoms with E-state index in [0.29, 0.717) is 18.9 Å². The number of nitrogens with zero attached hydrogens (tertiary/aromatic N) is 1. The highest BCUT2D eigenvalue weighted by Crippen LogP contribution is 2.17. The van der Waals surface area contributed by atoms with Gasteiger partial charge in [-0.3, -0.25) is 4.79 Å². The van der Waals surface area contributed by atoms with Gasteiger partial charge >= 0.3 is 0 Å². The van der Waals surface area contributed by atoms with Crippen molar-refractivity contribution >= 4 is 17.2 Å². The zero-order chi connectivity index (χ0) is 13.8. The Morgan fingerprint density at radius 3 is 2.78 bits per heavy atom. The fraction of sp³-hybridized carbons (Fsp3) is 0.692. The Balaban J connectivity index is 2.52. The number of thiazole rings is 1. The molecule has 0 saturated carbocycles. The summed E-state index contributed by atoms with van der Waals surface area (Å²) in [6, 6.07) is 0. The summed E-state index contributed by atoms with van der Waals surface area (Å²) in [6.45, 7) is 8.47. The number of carbonyl (C=O) groups excluding carboxylic acids is 1. The molecule has 0 aliphatic heterocycles. The van der Waals surface area contributed by atoms with E-state index < -0.39 is 5.54 Å². The highest BCUT2D eigenvalue weighted by molar-refractivity contribution is 7.09. The summed E-state index contributed by atoms with van der Waals surface area (Å²) < 4.78 is 0. The molecule has 4 nitrogen and oxygen atoms in total. The maximum atomic E-state index is 11.9. The van der Waals surface area contributed by atoms with Crippen molar-refractivity contribution in [2.75, 3.05) is 0 Å². The minimum Gasteiger partial charge on any atom is -0.348 e. The van der Waals surface area contributed by atoms with E-state index in [1.54, 1.807) is 18.3 Å². The van der Waals surface area contributed by atoms with Crippen LogP contribution in [0.3, 0.4) is 0 Å². The highest BCUT2D eigenvalue weighted by Gasteiger charge is 2.26. The normalized spacial score (nSPS) is 14.6. The fourth-order valence-electron chi connectivity index (χ4n) is 1.66. The van der Waals surface area contributed by atoms with Crippen LogP contribution in [0.25, 0.3) is 0 Å². The number of hydrogen-bond donors (Lipinski definition) is 2. The van der Waals surface area contributed by atoms with E-state index in [2.05, 4.69) is 24.1 Å². The molecule has 1 aromatic heterocycles. The van der Waals surface area contributed by atoms with Crippen LogP contribution < -0.4 is 11.1 Å². The standard InChI is InChI=1S/C13H23N3OS/c1-5-6-13(4,14)12(17)15-7-11-16-10(8-18-11)9(2)3/h8-9H,5-7,14H2,1-4H3,(H,15,17). The second kappa shape index (κ2) is 6.29. The van der Waals surface area contributed by atoms with Gasteiger partial charge < -0.3 is 11.1 Å². The largest absolute Gasteiger partial charge is 0.348 e. The molecule has 0 fully saturated rings. The van der Waals surface area contributed by atoms with Crippen molar-refractivity contribution in [2.24, 2.45) is 5.73 Å². The Labute approximate surface area is 113 Å². The van der Waals surface area contributed by atoms with E-state index >= 15 is 0 Å². The van der Waals surface area contributed by atoms with Crippen LogP contribution in [0.15, 0.2) is 5.38 Å². The van der Waals surface area contributed by atoms with Gasteiger partial charge in [0.15, 0.2) is 0 Å². The third-order valence-electron chi connectivity index (χ3n) is 2.85. The molecular formula is C13H23N3OS. The van der Waals surface area contributed by atoms with Crippen LogP contribution in [-0.2, 0) is 11.3 Å². The van der Waals surface area contributed by atoms with Gasteiger partial charge in [-0.1, -0.05) is 27.2 Å². The maximum Gasteiger partial charge on any atom is 0.240 e. The first-order valence-corrected chi connectivity index (χ1v) is 7.26. The average molecular weight is 269 g/mol. The van der Waals surface area contributed by atoms with Crippen LogP contribution in [0, 0.1) is 0 Å². The Morgan fingerprint density at radius 2 is 2.28 bits per heavy atom. The molecule has 18 heavy (non-hydrogen) atoms. The minimum absolute atomic E-state index is 0.106. The summed E-state index contributed by atoms with van der Waals surface area (Å²) in [4.78, 5) is 16.4. The van der Waals surface area contributed by atoms with E-state index in [4.69, 9.17) is 5.73 Å². The van der Waals surface area contributed by atoms with Crippen molar-refractivity contribution in [3.05, 3.63) is 16.1 Å². The molecule has 0 spiro atoms. The van der Waals surface area contributed by atoms with Crippen molar-refractivity contribution in [1.29, 1.82) is 0 Å². The van der Waals surface area contributed by atoms with E-state index in [9.17, 15) is 4.79 Å². The molecular weight excluding hydrogens is 246 g/mol. The summed E-state index contributed by atoms with van der Waals surface area (Å²) in [7, 11) is 0. The predicted molar refractivity (Wildman–Crippen MR) is 75.6 cm³/mol. The lowest BCUT2D eigenvalue weighted by molar-refractivity contribution is -0.126. The third-order valence-corrected chi connectivity index (χ3v) is 3.72. The van der Waals surface area contributed by atoms with Gasteiger partial charge in [0.2, 0.25) is 5.91 Å². The van der Waals surface area contributed by atoms with Gasteiger partial charge in [-0.2, -0.15) is 0 Å². The molecule has 1 rings (SSSR count). The zero-order valence-corrected chi connectivity index (χ0v) is 12.4. The number of amides is 1. The summed E-state index contributed by atoms with van der Waals surface area (Å²) in [5.41, 5.74) is 6.25. The Kier molecular flexibility index (Phi) is 5.28. The van der Waals surface area contributed by atoms with Gasteiger partial charge in [-0.05, 0) is 19.3 Å². The number of rotatable bonds is 6. The first-order valence-electron chi connectivity index (χ1n) is 6.38. The van der Waals surface area contributed by atoms with Gasteiger partial charge in [0, 0.05) is 5.38 Å². The van der Waals surface area contributed by atoms with Crippen molar-refractivity contribution in [3.8, 4) is 0 Å². The van der Waals surface area contributed by atoms with Crippen LogP contribution in [0.1, 0.15) is 57.2 Å². The molecule has 1 amide bonds. The first-order chi connectivity index (χ1) is 8.36. The van der Waals surface area contributed by atoms with Crippen molar-refractivity contribution in [2.45, 2.75) is 58.5 Å². The summed E-state index contributed by atoms with van der Waals surface area (Å²) in [5.74, 6) is 0.316. The van der Waals surface area contributed by atoms with Crippen molar-refractivity contribution in [3.63, 3.8) is 0 Å². The monoisotopic (exact) mass is 269 g/mol. The van der Waals surface area contributed by atoms with Crippen LogP contribution in [0.2, 0.25) is 0 Å². The molecule has 1 heterocycles. The number of aromatic nitrogens is 1. The second-order valence-electron chi connectivity index (χ2n) is 5.17. The minimum atomic E-state index is -0.785. The molecule has 0 aromatic carbocycles. The van der Waals surface area contributed by atoms with Gasteiger partial charge in [0.05, 0.1) is 17.8 Å². The van der Waals surface area contributed by atoms with Crippen LogP contribution in [-0.4, -0.2) is 16.4 Å². The molecule has 0 saturated heterocycles. The number of nitrogens with two attached hydrogens (primary N) is 1. The topological polar surface area (TPSA) is 68.0 Å². The molecule has 3 N–H and O–H groups in total. The first kappa shape index (κ1) is 15.1. The molecule has 0 aliphatic carbocycles. The molecule has 5 heteroatoms. The molecule has 0 radical (unpaired) electrons. The zero-order valence-electron chi connectivity index (χ0n) is 11.6. The lowest BCUT2D eigenvalue weighted by atomic mass is 9.97. The summed E-state index contributed by atoms with van der Waals surface area (Å²) in [5, 5.41) is 5.83. The second-order valence-corrected chi connectivity index (χ2v) is 6.11. The molecule has 1 unspecified atom stereocenters. The number of nitrogens with one attached hydrogen (secondary N) is 1. The van der Waals surface area contributed by atoms with Gasteiger partial charge in [0.1, 0.15) is 5.01 Å².